The summed E-state index contributed by atoms with van der Waals surface area (Å²) in [6.07, 6.45) is 7.79. The highest BCUT2D eigenvalue weighted by molar-refractivity contribution is 8.18. The van der Waals surface area contributed by atoms with Crippen molar-refractivity contribution in [3.8, 4) is 23.8 Å². The molecule has 1 aromatic carbocycles. The molecule has 24 heavy (non-hydrogen) atoms. The molecule has 5 nitrogen and oxygen atoms in total. The van der Waals surface area contributed by atoms with E-state index in [9.17, 15) is 9.59 Å². The fraction of sp³-hybridized carbons (Fsp3) is 0.333. The Hall–Kier alpha value is -2.39. The van der Waals surface area contributed by atoms with E-state index in [1.54, 1.807) is 25.3 Å². The van der Waals surface area contributed by atoms with Gasteiger partial charge in [0.15, 0.2) is 11.5 Å². The number of benzene rings is 1. The summed E-state index contributed by atoms with van der Waals surface area (Å²) in [5.41, 5.74) is 0.745. The number of carbonyl (C=O) groups is 2. The lowest BCUT2D eigenvalue weighted by molar-refractivity contribution is -0.122. The number of amides is 2. The minimum Gasteiger partial charge on any atom is -0.493 e. The highest BCUT2D eigenvalue weighted by Crippen LogP contribution is 2.34. The molecule has 6 heteroatoms. The van der Waals surface area contributed by atoms with E-state index in [1.807, 2.05) is 19.9 Å². The molecule has 1 fully saturated rings. The van der Waals surface area contributed by atoms with E-state index >= 15 is 0 Å². The summed E-state index contributed by atoms with van der Waals surface area (Å²) in [4.78, 5) is 25.4. The second kappa shape index (κ2) is 7.93. The van der Waals surface area contributed by atoms with Crippen molar-refractivity contribution in [3.05, 3.63) is 28.7 Å². The lowest BCUT2D eigenvalue weighted by atomic mass is 10.1. The van der Waals surface area contributed by atoms with E-state index in [0.29, 0.717) is 16.4 Å². The average molecular weight is 345 g/mol. The molecule has 0 saturated carbocycles. The number of hydrogen-bond donors (Lipinski definition) is 0. The van der Waals surface area contributed by atoms with Crippen molar-refractivity contribution in [2.24, 2.45) is 0 Å². The largest absolute Gasteiger partial charge is 0.493 e. The van der Waals surface area contributed by atoms with Crippen LogP contribution in [0.4, 0.5) is 4.79 Å². The second-order valence-electron chi connectivity index (χ2n) is 5.22. The molecule has 1 saturated heterocycles. The molecule has 2 amide bonds. The Balaban J connectivity index is 2.26. The molecule has 1 aromatic rings. The fourth-order valence-electron chi connectivity index (χ4n) is 2.05. The molecule has 0 unspecified atom stereocenters. The number of rotatable bonds is 6. The number of thioether (sulfide) groups is 1. The molecule has 0 N–H and O–H groups in total. The molecular formula is C18H19NO4S. The van der Waals surface area contributed by atoms with Crippen LogP contribution in [0.1, 0.15) is 25.8 Å². The van der Waals surface area contributed by atoms with Crippen LogP contribution >= 0.6 is 11.8 Å². The van der Waals surface area contributed by atoms with E-state index < -0.39 is 0 Å². The first kappa shape index (κ1) is 18.0. The van der Waals surface area contributed by atoms with Gasteiger partial charge in [-0.15, -0.1) is 6.42 Å². The van der Waals surface area contributed by atoms with Crippen molar-refractivity contribution < 1.29 is 19.1 Å². The molecule has 0 bridgehead atoms. The monoisotopic (exact) mass is 345 g/mol. The predicted molar refractivity (Wildman–Crippen MR) is 94.9 cm³/mol. The van der Waals surface area contributed by atoms with E-state index in [4.69, 9.17) is 15.9 Å². The van der Waals surface area contributed by atoms with Gasteiger partial charge in [-0.2, -0.15) is 0 Å². The normalized spacial score (nSPS) is 17.1. The Kier molecular flexibility index (Phi) is 5.93. The summed E-state index contributed by atoms with van der Waals surface area (Å²) in [6, 6.07) is 5.38. The summed E-state index contributed by atoms with van der Waals surface area (Å²) >= 11 is 0.879. The third-order valence-corrected chi connectivity index (χ3v) is 4.42. The van der Waals surface area contributed by atoms with Gasteiger partial charge in [-0.05, 0) is 48.9 Å². The van der Waals surface area contributed by atoms with E-state index in [0.717, 1.165) is 28.6 Å². The zero-order valence-electron chi connectivity index (χ0n) is 13.9. The highest BCUT2D eigenvalue weighted by atomic mass is 32.2. The van der Waals surface area contributed by atoms with Crippen molar-refractivity contribution in [1.29, 1.82) is 0 Å². The number of methoxy groups -OCH3 is 1. The summed E-state index contributed by atoms with van der Waals surface area (Å²) in [6.45, 7) is 4.00. The van der Waals surface area contributed by atoms with Gasteiger partial charge >= 0.3 is 0 Å². The molecule has 2 rings (SSSR count). The van der Waals surface area contributed by atoms with Crippen molar-refractivity contribution >= 4 is 29.0 Å². The van der Waals surface area contributed by atoms with E-state index in [-0.39, 0.29) is 23.8 Å². The van der Waals surface area contributed by atoms with Crippen LogP contribution in [0.2, 0.25) is 0 Å². The summed E-state index contributed by atoms with van der Waals surface area (Å²) in [7, 11) is 1.56. The Morgan fingerprint density at radius 2 is 2.12 bits per heavy atom. The maximum Gasteiger partial charge on any atom is 0.294 e. The van der Waals surface area contributed by atoms with Gasteiger partial charge in [-0.25, -0.2) is 0 Å². The zero-order valence-corrected chi connectivity index (χ0v) is 14.7. The standard InChI is InChI=1S/C18H19NO4S/c1-5-9-19-17(20)16(24-18(19)21)11-13-7-8-14(15(10-13)22-4)23-12(3)6-2/h1,7-8,10-12H,6,9H2,2-4H3/b16-11+/t12-/m0/s1. The lowest BCUT2D eigenvalue weighted by Crippen LogP contribution is -2.28. The minimum absolute atomic E-state index is 0.0208. The zero-order chi connectivity index (χ0) is 17.7. The maximum atomic E-state index is 12.2. The van der Waals surface area contributed by atoms with Crippen LogP contribution in [0, 0.1) is 12.3 Å². The molecule has 1 atom stereocenters. The average Bonchev–Trinajstić information content (AvgIpc) is 2.83. The van der Waals surface area contributed by atoms with Crippen LogP contribution in [-0.2, 0) is 4.79 Å². The first-order valence-corrected chi connectivity index (χ1v) is 8.35. The van der Waals surface area contributed by atoms with Crippen LogP contribution in [-0.4, -0.2) is 35.8 Å². The Labute approximate surface area is 146 Å². The van der Waals surface area contributed by atoms with Crippen molar-refractivity contribution in [2.45, 2.75) is 26.4 Å². The molecule has 1 heterocycles. The first-order chi connectivity index (χ1) is 11.5. The Morgan fingerprint density at radius 3 is 2.75 bits per heavy atom. The van der Waals surface area contributed by atoms with Gasteiger partial charge in [0, 0.05) is 0 Å². The van der Waals surface area contributed by atoms with Crippen molar-refractivity contribution in [3.63, 3.8) is 0 Å². The SMILES string of the molecule is C#CCN1C(=O)S/C(=C/c2ccc(O[C@@H](C)CC)c(OC)c2)C1=O. The van der Waals surface area contributed by atoms with Gasteiger partial charge in [0.1, 0.15) is 0 Å². The number of nitrogens with zero attached hydrogens (tertiary/aromatic N) is 1. The van der Waals surface area contributed by atoms with E-state index in [1.165, 1.54) is 0 Å². The first-order valence-electron chi connectivity index (χ1n) is 7.53. The van der Waals surface area contributed by atoms with Crippen molar-refractivity contribution in [1.82, 2.24) is 4.90 Å². The highest BCUT2D eigenvalue weighted by Gasteiger charge is 2.34. The summed E-state index contributed by atoms with van der Waals surface area (Å²) in [5.74, 6) is 3.16. The van der Waals surface area contributed by atoms with Gasteiger partial charge in [-0.3, -0.25) is 14.5 Å². The second-order valence-corrected chi connectivity index (χ2v) is 6.21. The number of ether oxygens (including phenoxy) is 2. The predicted octanol–water partition coefficient (Wildman–Crippen LogP) is 3.54. The molecule has 1 aliphatic rings. The van der Waals surface area contributed by atoms with Crippen LogP contribution in [0.15, 0.2) is 23.1 Å². The number of terminal acetylenes is 1. The van der Waals surface area contributed by atoms with Gasteiger partial charge in [-0.1, -0.05) is 18.9 Å². The smallest absolute Gasteiger partial charge is 0.294 e. The molecule has 0 spiro atoms. The third-order valence-electron chi connectivity index (χ3n) is 3.51. The van der Waals surface area contributed by atoms with Gasteiger partial charge in [0.05, 0.1) is 24.7 Å². The van der Waals surface area contributed by atoms with Crippen LogP contribution < -0.4 is 9.47 Å². The summed E-state index contributed by atoms with van der Waals surface area (Å²) in [5, 5.41) is -0.354. The van der Waals surface area contributed by atoms with Crippen LogP contribution in [0.5, 0.6) is 11.5 Å². The summed E-state index contributed by atoms with van der Waals surface area (Å²) < 4.78 is 11.1. The van der Waals surface area contributed by atoms with Gasteiger partial charge < -0.3 is 9.47 Å². The van der Waals surface area contributed by atoms with Gasteiger partial charge in [0.25, 0.3) is 11.1 Å². The van der Waals surface area contributed by atoms with E-state index in [2.05, 4.69) is 5.92 Å². The molecule has 0 aliphatic carbocycles. The molecule has 0 aromatic heterocycles. The van der Waals surface area contributed by atoms with Gasteiger partial charge in [0.2, 0.25) is 0 Å². The molecule has 126 valence electrons. The lowest BCUT2D eigenvalue weighted by Gasteiger charge is -2.15. The number of imide groups is 1. The van der Waals surface area contributed by atoms with Crippen LogP contribution in [0.25, 0.3) is 6.08 Å². The molecule has 1 aliphatic heterocycles. The Bertz CT molecular complexity index is 720. The maximum absolute atomic E-state index is 12.2. The molecular weight excluding hydrogens is 326 g/mol. The fourth-order valence-corrected chi connectivity index (χ4v) is 2.89. The van der Waals surface area contributed by atoms with Crippen LogP contribution in [0.3, 0.4) is 0 Å². The third kappa shape index (κ3) is 3.92. The Morgan fingerprint density at radius 1 is 1.38 bits per heavy atom. The minimum atomic E-state index is -0.373. The topological polar surface area (TPSA) is 55.8 Å². The molecule has 0 radical (unpaired) electrons. The van der Waals surface area contributed by atoms with Crippen molar-refractivity contribution in [2.75, 3.05) is 13.7 Å². The quantitative estimate of drug-likeness (QED) is 0.583. The number of hydrogen-bond acceptors (Lipinski definition) is 5. The number of carbonyl (C=O) groups excluding carboxylic acids is 2.